The van der Waals surface area contributed by atoms with Crippen molar-refractivity contribution in [3.63, 3.8) is 0 Å². The zero-order valence-corrected chi connectivity index (χ0v) is 4.91. The zero-order chi connectivity index (χ0) is 2.83. The van der Waals surface area contributed by atoms with Gasteiger partial charge in [-0.25, -0.2) is 0 Å². The lowest BCUT2D eigenvalue weighted by Gasteiger charge is -2.03. The normalized spacial score (nSPS) is 24.0. The van der Waals surface area contributed by atoms with Gasteiger partial charge in [0, 0.05) is 0 Å². The highest BCUT2D eigenvalue weighted by atomic mass is 29.6. The van der Waals surface area contributed by atoms with Crippen LogP contribution in [0.4, 0.5) is 0 Å². The molecular formula is OSi3. The maximum absolute atomic E-state index is 4.79. The smallest absolute Gasteiger partial charge is 0.188 e. The molecule has 1 aliphatic rings. The Kier molecular flexibility index (Phi) is 0.818. The molecule has 0 N–H and O–H groups in total. The lowest BCUT2D eigenvalue weighted by atomic mass is 15.8. The van der Waals surface area contributed by atoms with Crippen molar-refractivity contribution >= 4 is 27.1 Å². The van der Waals surface area contributed by atoms with Crippen molar-refractivity contribution < 1.29 is 4.12 Å². The van der Waals surface area contributed by atoms with E-state index >= 15 is 0 Å². The molecule has 0 saturated carbocycles. The molecule has 0 unspecified atom stereocenters. The third kappa shape index (κ3) is 0.319. The first-order chi connectivity index (χ1) is 2.00. The molecule has 4 heavy (non-hydrogen) atoms. The lowest BCUT2D eigenvalue weighted by Crippen LogP contribution is -2.31. The molecule has 1 nitrogen and oxygen atoms in total. The van der Waals surface area contributed by atoms with Gasteiger partial charge in [0.1, 0.15) is 0 Å². The summed E-state index contributed by atoms with van der Waals surface area (Å²) in [5, 5.41) is 0. The summed E-state index contributed by atoms with van der Waals surface area (Å²) in [6.45, 7) is 0. The Balaban J connectivity index is 2.00. The largest absolute Gasteiger partial charge is 0.462 e. The molecule has 0 aliphatic carbocycles. The maximum atomic E-state index is 4.79. The Bertz CT molecular complexity index is 11.2. The standard InChI is InChI=1S/OSi3/c1-2-4-3-1. The van der Waals surface area contributed by atoms with Crippen LogP contribution in [0.1, 0.15) is 0 Å². The highest BCUT2D eigenvalue weighted by Crippen LogP contribution is 1.71. The third-order valence-corrected chi connectivity index (χ3v) is 5.51. The second-order valence-electron chi connectivity index (χ2n) is 0.431. The fraction of sp³-hybridized carbons (Fsp3) is 0. The number of rotatable bonds is 0. The Labute approximate surface area is 32.0 Å². The fourth-order valence-corrected chi connectivity index (χ4v) is 1.38. The van der Waals surface area contributed by atoms with E-state index in [2.05, 4.69) is 0 Å². The second-order valence-corrected chi connectivity index (χ2v) is 6.13. The SMILES string of the molecule is O1[Si][Si][Si]1. The predicted octanol–water partition coefficient (Wildman–Crippen LogP) is -1.21. The van der Waals surface area contributed by atoms with Crippen molar-refractivity contribution in [3.05, 3.63) is 0 Å². The summed E-state index contributed by atoms with van der Waals surface area (Å²) in [4.78, 5) is 0. The maximum Gasteiger partial charge on any atom is 0.188 e. The molecular weight excluding hydrogens is 100 g/mol. The van der Waals surface area contributed by atoms with Crippen LogP contribution in [0.2, 0.25) is 0 Å². The van der Waals surface area contributed by atoms with Gasteiger partial charge in [0.15, 0.2) is 18.6 Å². The summed E-state index contributed by atoms with van der Waals surface area (Å²) in [5.74, 6) is 0. The van der Waals surface area contributed by atoms with E-state index < -0.39 is 0 Å². The van der Waals surface area contributed by atoms with Crippen molar-refractivity contribution in [1.82, 2.24) is 0 Å². The summed E-state index contributed by atoms with van der Waals surface area (Å²) in [6, 6.07) is 0. The predicted molar refractivity (Wildman–Crippen MR) is 18.3 cm³/mol. The summed E-state index contributed by atoms with van der Waals surface area (Å²) < 4.78 is 4.79. The van der Waals surface area contributed by atoms with Crippen LogP contribution in [0.15, 0.2) is 0 Å². The molecule has 4 heteroatoms. The quantitative estimate of drug-likeness (QED) is 0.347. The highest BCUT2D eigenvalue weighted by Gasteiger charge is 2.03. The summed E-state index contributed by atoms with van der Waals surface area (Å²) in [7, 11) is 2.88. The van der Waals surface area contributed by atoms with Gasteiger partial charge in [-0.2, -0.15) is 0 Å². The Morgan fingerprint density at radius 1 is 1.25 bits per heavy atom. The van der Waals surface area contributed by atoms with E-state index in [1.807, 2.05) is 0 Å². The first-order valence-electron chi connectivity index (χ1n) is 0.908. The number of hydrogen-bond donors (Lipinski definition) is 0. The fourth-order valence-electron chi connectivity index (χ4n) is 0.0510. The molecule has 0 atom stereocenters. The molecule has 1 heterocycles. The molecule has 0 aromatic heterocycles. The van der Waals surface area contributed by atoms with Gasteiger partial charge in [0.2, 0.25) is 0 Å². The van der Waals surface area contributed by atoms with E-state index in [1.165, 1.54) is 0 Å². The van der Waals surface area contributed by atoms with Gasteiger partial charge in [-0.1, -0.05) is 0 Å². The molecule has 18 valence electrons. The molecule has 0 spiro atoms. The Morgan fingerprint density at radius 3 is 1.50 bits per heavy atom. The van der Waals surface area contributed by atoms with E-state index in [4.69, 9.17) is 4.12 Å². The van der Waals surface area contributed by atoms with Crippen molar-refractivity contribution in [2.45, 2.75) is 0 Å². The van der Waals surface area contributed by atoms with E-state index in [-0.39, 0.29) is 0 Å². The first-order valence-corrected chi connectivity index (χ1v) is 5.72. The van der Waals surface area contributed by atoms with Gasteiger partial charge < -0.3 is 4.12 Å². The van der Waals surface area contributed by atoms with Crippen molar-refractivity contribution in [2.75, 3.05) is 0 Å². The summed E-state index contributed by atoms with van der Waals surface area (Å²) in [5.41, 5.74) is 0. The first kappa shape index (κ1) is 2.83. The minimum absolute atomic E-state index is 0.861. The third-order valence-electron chi connectivity index (χ3n) is 0.204. The molecule has 0 aromatic rings. The molecule has 6 radical (unpaired) electrons. The topological polar surface area (TPSA) is 9.23 Å². The van der Waals surface area contributed by atoms with E-state index in [1.54, 1.807) is 0 Å². The van der Waals surface area contributed by atoms with Crippen molar-refractivity contribution in [2.24, 2.45) is 0 Å². The van der Waals surface area contributed by atoms with Crippen LogP contribution in [0.25, 0.3) is 0 Å². The van der Waals surface area contributed by atoms with Gasteiger partial charge in [0.05, 0.1) is 8.55 Å². The van der Waals surface area contributed by atoms with Crippen LogP contribution in [-0.2, 0) is 4.12 Å². The molecule has 0 bridgehead atoms. The van der Waals surface area contributed by atoms with Crippen LogP contribution in [0.5, 0.6) is 0 Å². The van der Waals surface area contributed by atoms with Crippen LogP contribution >= 0.6 is 0 Å². The van der Waals surface area contributed by atoms with E-state index in [0.717, 1.165) is 27.1 Å². The van der Waals surface area contributed by atoms with Gasteiger partial charge in [0.25, 0.3) is 0 Å². The molecule has 1 rings (SSSR count). The van der Waals surface area contributed by atoms with Crippen LogP contribution in [-0.4, -0.2) is 27.1 Å². The summed E-state index contributed by atoms with van der Waals surface area (Å²) in [6.07, 6.45) is 0. The zero-order valence-electron chi connectivity index (χ0n) is 1.91. The Hall–Kier alpha value is 0.611. The Morgan fingerprint density at radius 2 is 1.50 bits per heavy atom. The lowest BCUT2D eigenvalue weighted by molar-refractivity contribution is 0.660. The summed E-state index contributed by atoms with van der Waals surface area (Å²) >= 11 is 0. The highest BCUT2D eigenvalue weighted by molar-refractivity contribution is 7.34. The van der Waals surface area contributed by atoms with E-state index in [9.17, 15) is 0 Å². The molecule has 1 saturated heterocycles. The van der Waals surface area contributed by atoms with Gasteiger partial charge in [-0.3, -0.25) is 0 Å². The second kappa shape index (κ2) is 1.16. The van der Waals surface area contributed by atoms with Gasteiger partial charge in [-0.05, 0) is 0 Å². The molecule has 0 aromatic carbocycles. The molecule has 0 amide bonds. The minimum Gasteiger partial charge on any atom is -0.462 e. The van der Waals surface area contributed by atoms with Crippen LogP contribution < -0.4 is 0 Å². The van der Waals surface area contributed by atoms with Crippen molar-refractivity contribution in [3.8, 4) is 0 Å². The van der Waals surface area contributed by atoms with Crippen LogP contribution in [0, 0.1) is 0 Å². The van der Waals surface area contributed by atoms with E-state index in [0.29, 0.717) is 0 Å². The monoisotopic (exact) mass is 99.9 g/mol. The van der Waals surface area contributed by atoms with Gasteiger partial charge >= 0.3 is 0 Å². The average molecular weight is 100 g/mol. The van der Waals surface area contributed by atoms with Gasteiger partial charge in [-0.15, -0.1) is 0 Å². The molecule has 1 fully saturated rings. The van der Waals surface area contributed by atoms with Crippen molar-refractivity contribution in [1.29, 1.82) is 0 Å². The number of hydrogen-bond acceptors (Lipinski definition) is 1. The van der Waals surface area contributed by atoms with Crippen LogP contribution in [0.3, 0.4) is 0 Å². The average Bonchev–Trinajstić information content (AvgIpc) is 0.722. The minimum atomic E-state index is 0.861. The molecule has 1 aliphatic heterocycles.